The summed E-state index contributed by atoms with van der Waals surface area (Å²) in [7, 11) is 0. The molecule has 2 atom stereocenters. The maximum Gasteiger partial charge on any atom is 0.307 e. The van der Waals surface area contributed by atoms with Crippen molar-refractivity contribution in [2.75, 3.05) is 26.2 Å². The summed E-state index contributed by atoms with van der Waals surface area (Å²) in [5.41, 5.74) is 0.763. The Morgan fingerprint density at radius 1 is 1.27 bits per heavy atom. The molecule has 2 rings (SSSR count). The molecule has 26 heavy (non-hydrogen) atoms. The summed E-state index contributed by atoms with van der Waals surface area (Å²) in [6.07, 6.45) is 1.36. The number of nitrogens with one attached hydrogen (secondary N) is 2. The van der Waals surface area contributed by atoms with E-state index >= 15 is 0 Å². The first-order valence-corrected chi connectivity index (χ1v) is 8.62. The number of likely N-dealkylation sites (tertiary alicyclic amines) is 1. The van der Waals surface area contributed by atoms with E-state index in [2.05, 4.69) is 10.6 Å². The Bertz CT molecular complexity index is 650. The molecular formula is C18H24FN3O4. The van der Waals surface area contributed by atoms with Gasteiger partial charge in [0.1, 0.15) is 5.82 Å². The summed E-state index contributed by atoms with van der Waals surface area (Å²) >= 11 is 0. The van der Waals surface area contributed by atoms with Crippen LogP contribution in [0.15, 0.2) is 24.3 Å². The summed E-state index contributed by atoms with van der Waals surface area (Å²) < 4.78 is 12.9. The van der Waals surface area contributed by atoms with Crippen LogP contribution in [0, 0.1) is 11.7 Å². The van der Waals surface area contributed by atoms with Crippen LogP contribution in [0.3, 0.4) is 0 Å². The van der Waals surface area contributed by atoms with Crippen LogP contribution in [0.1, 0.15) is 31.4 Å². The zero-order valence-corrected chi connectivity index (χ0v) is 14.7. The van der Waals surface area contributed by atoms with Crippen molar-refractivity contribution in [3.8, 4) is 0 Å². The molecule has 0 aromatic heterocycles. The van der Waals surface area contributed by atoms with Crippen LogP contribution in [-0.4, -0.2) is 54.0 Å². The Hall–Kier alpha value is -2.48. The average molecular weight is 365 g/mol. The van der Waals surface area contributed by atoms with E-state index in [9.17, 15) is 18.8 Å². The van der Waals surface area contributed by atoms with E-state index in [0.717, 1.165) is 12.0 Å². The van der Waals surface area contributed by atoms with Crippen molar-refractivity contribution in [2.24, 2.45) is 5.92 Å². The molecule has 8 heteroatoms. The van der Waals surface area contributed by atoms with E-state index in [4.69, 9.17) is 5.11 Å². The van der Waals surface area contributed by atoms with Crippen molar-refractivity contribution in [2.45, 2.75) is 25.8 Å². The number of hydrogen-bond donors (Lipinski definition) is 3. The van der Waals surface area contributed by atoms with Gasteiger partial charge in [-0.3, -0.25) is 19.3 Å². The predicted octanol–water partition coefficient (Wildman–Crippen LogP) is 0.916. The van der Waals surface area contributed by atoms with Gasteiger partial charge in [0.05, 0.1) is 25.0 Å². The fourth-order valence-corrected chi connectivity index (χ4v) is 2.97. The number of piperidine rings is 1. The van der Waals surface area contributed by atoms with Crippen molar-refractivity contribution < 1.29 is 23.9 Å². The minimum absolute atomic E-state index is 0.0740. The van der Waals surface area contributed by atoms with Crippen molar-refractivity contribution in [1.82, 2.24) is 15.5 Å². The number of carbonyl (C=O) groups excluding carboxylic acids is 2. The summed E-state index contributed by atoms with van der Waals surface area (Å²) in [6.45, 7) is 2.69. The third-order valence-electron chi connectivity index (χ3n) is 4.42. The van der Waals surface area contributed by atoms with Gasteiger partial charge in [0.2, 0.25) is 11.8 Å². The molecule has 0 saturated carbocycles. The van der Waals surface area contributed by atoms with Crippen LogP contribution in [0.25, 0.3) is 0 Å². The number of hydrogen-bond acceptors (Lipinski definition) is 4. The predicted molar refractivity (Wildman–Crippen MR) is 92.8 cm³/mol. The molecule has 1 saturated heterocycles. The van der Waals surface area contributed by atoms with Crippen molar-refractivity contribution in [1.29, 1.82) is 0 Å². The zero-order valence-electron chi connectivity index (χ0n) is 14.7. The minimum Gasteiger partial charge on any atom is -0.481 e. The number of nitrogens with zero attached hydrogens (tertiary/aromatic N) is 1. The second-order valence-corrected chi connectivity index (χ2v) is 6.53. The highest BCUT2D eigenvalue weighted by atomic mass is 19.1. The maximum absolute atomic E-state index is 12.9. The van der Waals surface area contributed by atoms with Gasteiger partial charge in [-0.15, -0.1) is 0 Å². The van der Waals surface area contributed by atoms with Crippen LogP contribution < -0.4 is 10.6 Å². The Balaban J connectivity index is 1.72. The monoisotopic (exact) mass is 365 g/mol. The molecule has 3 N–H and O–H groups in total. The molecule has 0 aliphatic carbocycles. The Morgan fingerprint density at radius 2 is 1.96 bits per heavy atom. The lowest BCUT2D eigenvalue weighted by molar-refractivity contribution is -0.144. The van der Waals surface area contributed by atoms with Crippen LogP contribution in [0.2, 0.25) is 0 Å². The highest BCUT2D eigenvalue weighted by Crippen LogP contribution is 2.16. The van der Waals surface area contributed by atoms with E-state index in [0.29, 0.717) is 19.5 Å². The zero-order chi connectivity index (χ0) is 19.1. The Kier molecular flexibility index (Phi) is 7.08. The number of carbonyl (C=O) groups is 3. The van der Waals surface area contributed by atoms with E-state index in [1.165, 1.54) is 12.1 Å². The largest absolute Gasteiger partial charge is 0.481 e. The SMILES string of the molecule is CC(NC(=O)CNC(=O)CN1CCCC(C(=O)O)C1)c1ccc(F)cc1. The number of amides is 2. The lowest BCUT2D eigenvalue weighted by Crippen LogP contribution is -2.46. The molecule has 1 aliphatic heterocycles. The lowest BCUT2D eigenvalue weighted by atomic mass is 9.98. The van der Waals surface area contributed by atoms with Gasteiger partial charge in [-0.2, -0.15) is 0 Å². The Labute approximate surface area is 151 Å². The molecule has 1 heterocycles. The molecule has 7 nitrogen and oxygen atoms in total. The normalized spacial score (nSPS) is 18.8. The summed E-state index contributed by atoms with van der Waals surface area (Å²) in [6, 6.07) is 5.52. The topological polar surface area (TPSA) is 98.7 Å². The van der Waals surface area contributed by atoms with Gasteiger partial charge in [0.25, 0.3) is 0 Å². The van der Waals surface area contributed by atoms with Crippen molar-refractivity contribution in [3.05, 3.63) is 35.6 Å². The fourth-order valence-electron chi connectivity index (χ4n) is 2.97. The Morgan fingerprint density at radius 3 is 2.62 bits per heavy atom. The molecule has 1 fully saturated rings. The summed E-state index contributed by atoms with van der Waals surface area (Å²) in [5.74, 6) is -2.30. The first-order valence-electron chi connectivity index (χ1n) is 8.62. The fraction of sp³-hybridized carbons (Fsp3) is 0.500. The molecule has 0 bridgehead atoms. The first kappa shape index (κ1) is 19.8. The van der Waals surface area contributed by atoms with E-state index in [-0.39, 0.29) is 36.8 Å². The van der Waals surface area contributed by atoms with E-state index in [1.807, 2.05) is 0 Å². The van der Waals surface area contributed by atoms with Crippen LogP contribution in [-0.2, 0) is 14.4 Å². The quantitative estimate of drug-likeness (QED) is 0.667. The van der Waals surface area contributed by atoms with Crippen LogP contribution in [0.5, 0.6) is 0 Å². The number of rotatable bonds is 7. The number of halogens is 1. The smallest absolute Gasteiger partial charge is 0.307 e. The first-order chi connectivity index (χ1) is 12.3. The van der Waals surface area contributed by atoms with Crippen molar-refractivity contribution in [3.63, 3.8) is 0 Å². The molecule has 142 valence electrons. The van der Waals surface area contributed by atoms with Gasteiger partial charge in [-0.05, 0) is 44.0 Å². The maximum atomic E-state index is 12.9. The standard InChI is InChI=1S/C18H24FN3O4/c1-12(13-4-6-15(19)7-5-13)21-16(23)9-20-17(24)11-22-8-2-3-14(10-22)18(25)26/h4-7,12,14H,2-3,8-11H2,1H3,(H,20,24)(H,21,23)(H,25,26). The van der Waals surface area contributed by atoms with Crippen LogP contribution in [0.4, 0.5) is 4.39 Å². The highest BCUT2D eigenvalue weighted by Gasteiger charge is 2.26. The molecule has 1 aromatic carbocycles. The van der Waals surface area contributed by atoms with E-state index in [1.54, 1.807) is 24.0 Å². The van der Waals surface area contributed by atoms with Crippen LogP contribution >= 0.6 is 0 Å². The lowest BCUT2D eigenvalue weighted by Gasteiger charge is -2.29. The van der Waals surface area contributed by atoms with Gasteiger partial charge in [-0.1, -0.05) is 12.1 Å². The number of benzene rings is 1. The van der Waals surface area contributed by atoms with Gasteiger partial charge in [0, 0.05) is 6.54 Å². The van der Waals surface area contributed by atoms with E-state index < -0.39 is 11.9 Å². The highest BCUT2D eigenvalue weighted by molar-refractivity contribution is 5.85. The van der Waals surface area contributed by atoms with Crippen molar-refractivity contribution >= 4 is 17.8 Å². The average Bonchev–Trinajstić information content (AvgIpc) is 2.60. The third-order valence-corrected chi connectivity index (χ3v) is 4.42. The summed E-state index contributed by atoms with van der Waals surface area (Å²) in [5, 5.41) is 14.3. The number of carboxylic acids is 1. The third kappa shape index (κ3) is 6.11. The second-order valence-electron chi connectivity index (χ2n) is 6.53. The molecule has 2 amide bonds. The molecule has 2 unspecified atom stereocenters. The molecule has 0 radical (unpaired) electrons. The molecular weight excluding hydrogens is 341 g/mol. The van der Waals surface area contributed by atoms with Gasteiger partial charge in [0.15, 0.2) is 0 Å². The summed E-state index contributed by atoms with van der Waals surface area (Å²) in [4.78, 5) is 36.7. The number of aliphatic carboxylic acids is 1. The molecule has 1 aromatic rings. The van der Waals surface area contributed by atoms with Gasteiger partial charge >= 0.3 is 5.97 Å². The molecule has 1 aliphatic rings. The molecule has 0 spiro atoms. The van der Waals surface area contributed by atoms with Gasteiger partial charge in [-0.25, -0.2) is 4.39 Å². The second kappa shape index (κ2) is 9.28. The number of carboxylic acid groups (broad SMARTS) is 1. The minimum atomic E-state index is -0.843. The van der Waals surface area contributed by atoms with Gasteiger partial charge < -0.3 is 15.7 Å².